The Labute approximate surface area is 140 Å². The molecule has 0 aliphatic heterocycles. The second kappa shape index (κ2) is 6.72. The van der Waals surface area contributed by atoms with E-state index in [1.54, 1.807) is 16.8 Å². The van der Waals surface area contributed by atoms with E-state index in [4.69, 9.17) is 16.7 Å². The zero-order chi connectivity index (χ0) is 16.4. The molecule has 0 spiro atoms. The highest BCUT2D eigenvalue weighted by atomic mass is 35.5. The summed E-state index contributed by atoms with van der Waals surface area (Å²) >= 11 is 6.02. The van der Waals surface area contributed by atoms with Crippen LogP contribution in [0.2, 0.25) is 5.02 Å². The molecular formula is C17H20ClN3O2. The van der Waals surface area contributed by atoms with Crippen LogP contribution in [0.5, 0.6) is 0 Å². The number of amides is 1. The second-order valence-electron chi connectivity index (χ2n) is 5.99. The van der Waals surface area contributed by atoms with Gasteiger partial charge in [0.05, 0.1) is 5.69 Å². The minimum atomic E-state index is -0.195. The van der Waals surface area contributed by atoms with Crippen molar-refractivity contribution in [1.82, 2.24) is 15.1 Å². The Bertz CT molecular complexity index is 710. The summed E-state index contributed by atoms with van der Waals surface area (Å²) in [6, 6.07) is 9.15. The number of benzene rings is 1. The molecule has 6 heteroatoms. The van der Waals surface area contributed by atoms with Gasteiger partial charge in [-0.3, -0.25) is 4.79 Å². The average Bonchev–Trinajstić information content (AvgIpc) is 3.29. The van der Waals surface area contributed by atoms with Crippen LogP contribution in [-0.2, 0) is 0 Å². The smallest absolute Gasteiger partial charge is 0.272 e. The molecule has 1 amide bonds. The fraction of sp³-hybridized carbons (Fsp3) is 0.412. The predicted molar refractivity (Wildman–Crippen MR) is 89.0 cm³/mol. The number of nitrogens with one attached hydrogen (secondary N) is 1. The molecule has 0 bridgehead atoms. The number of aliphatic hydroxyl groups excluding tert-OH is 1. The van der Waals surface area contributed by atoms with Crippen molar-refractivity contribution in [3.8, 4) is 5.69 Å². The maximum atomic E-state index is 12.4. The topological polar surface area (TPSA) is 67.2 Å². The van der Waals surface area contributed by atoms with E-state index in [1.165, 1.54) is 0 Å². The maximum absolute atomic E-state index is 12.4. The lowest BCUT2D eigenvalue weighted by Crippen LogP contribution is -2.37. The third-order valence-electron chi connectivity index (χ3n) is 4.12. The number of halogens is 1. The van der Waals surface area contributed by atoms with Gasteiger partial charge in [-0.2, -0.15) is 5.10 Å². The van der Waals surface area contributed by atoms with Gasteiger partial charge in [-0.15, -0.1) is 0 Å². The van der Waals surface area contributed by atoms with Gasteiger partial charge in [0.2, 0.25) is 0 Å². The number of aryl methyl sites for hydroxylation is 1. The Morgan fingerprint density at radius 3 is 2.91 bits per heavy atom. The fourth-order valence-corrected chi connectivity index (χ4v) is 2.94. The summed E-state index contributed by atoms with van der Waals surface area (Å²) in [5.74, 6) is 0.293. The van der Waals surface area contributed by atoms with E-state index in [-0.39, 0.29) is 18.6 Å². The molecule has 1 atom stereocenters. The Morgan fingerprint density at radius 1 is 1.48 bits per heavy atom. The fourth-order valence-electron chi connectivity index (χ4n) is 2.76. The molecule has 2 N–H and O–H groups in total. The monoisotopic (exact) mass is 333 g/mol. The molecule has 122 valence electrons. The molecule has 3 rings (SSSR count). The van der Waals surface area contributed by atoms with Crippen molar-refractivity contribution in [3.63, 3.8) is 0 Å². The van der Waals surface area contributed by atoms with Crippen LogP contribution in [0, 0.1) is 12.8 Å². The van der Waals surface area contributed by atoms with Crippen molar-refractivity contribution < 1.29 is 9.90 Å². The molecule has 1 aromatic heterocycles. The van der Waals surface area contributed by atoms with E-state index in [1.807, 2.05) is 25.1 Å². The molecular weight excluding hydrogens is 314 g/mol. The molecule has 1 aromatic carbocycles. The molecule has 1 aliphatic carbocycles. The van der Waals surface area contributed by atoms with Crippen LogP contribution in [0.1, 0.15) is 35.4 Å². The lowest BCUT2D eigenvalue weighted by molar-refractivity contribution is 0.0918. The first-order chi connectivity index (χ1) is 11.1. The van der Waals surface area contributed by atoms with Gasteiger partial charge in [-0.25, -0.2) is 4.68 Å². The Balaban J connectivity index is 1.78. The molecule has 23 heavy (non-hydrogen) atoms. The third kappa shape index (κ3) is 3.74. The van der Waals surface area contributed by atoms with Gasteiger partial charge in [0.25, 0.3) is 5.91 Å². The molecule has 0 saturated heterocycles. The van der Waals surface area contributed by atoms with Crippen molar-refractivity contribution in [2.45, 2.75) is 32.2 Å². The summed E-state index contributed by atoms with van der Waals surface area (Å²) < 4.78 is 1.71. The molecule has 0 radical (unpaired) electrons. The molecule has 1 fully saturated rings. The highest BCUT2D eigenvalue weighted by molar-refractivity contribution is 6.30. The van der Waals surface area contributed by atoms with E-state index in [2.05, 4.69) is 10.4 Å². The predicted octanol–water partition coefficient (Wildman–Crippen LogP) is 2.72. The van der Waals surface area contributed by atoms with Gasteiger partial charge in [-0.05, 0) is 56.4 Å². The van der Waals surface area contributed by atoms with Gasteiger partial charge in [0, 0.05) is 23.4 Å². The van der Waals surface area contributed by atoms with Crippen LogP contribution < -0.4 is 5.32 Å². The number of hydrogen-bond acceptors (Lipinski definition) is 3. The largest absolute Gasteiger partial charge is 0.396 e. The number of hydrogen-bond donors (Lipinski definition) is 2. The lowest BCUT2D eigenvalue weighted by atomic mass is 10.1. The zero-order valence-electron chi connectivity index (χ0n) is 13.0. The summed E-state index contributed by atoms with van der Waals surface area (Å²) in [5, 5.41) is 17.2. The quantitative estimate of drug-likeness (QED) is 0.854. The van der Waals surface area contributed by atoms with Crippen LogP contribution in [0.4, 0.5) is 0 Å². The van der Waals surface area contributed by atoms with Gasteiger partial charge < -0.3 is 10.4 Å². The lowest BCUT2D eigenvalue weighted by Gasteiger charge is -2.16. The average molecular weight is 334 g/mol. The SMILES string of the molecule is Cc1cc(C(=O)NC(CCO)C2CC2)nn1-c1cccc(Cl)c1. The minimum Gasteiger partial charge on any atom is -0.396 e. The zero-order valence-corrected chi connectivity index (χ0v) is 13.8. The number of carbonyl (C=O) groups excluding carboxylic acids is 1. The number of nitrogens with zero attached hydrogens (tertiary/aromatic N) is 2. The Kier molecular flexibility index (Phi) is 4.68. The number of rotatable bonds is 6. The van der Waals surface area contributed by atoms with E-state index < -0.39 is 0 Å². The first-order valence-electron chi connectivity index (χ1n) is 7.83. The second-order valence-corrected chi connectivity index (χ2v) is 6.43. The maximum Gasteiger partial charge on any atom is 0.272 e. The third-order valence-corrected chi connectivity index (χ3v) is 4.36. The van der Waals surface area contributed by atoms with Crippen LogP contribution in [0.3, 0.4) is 0 Å². The first kappa shape index (κ1) is 16.0. The van der Waals surface area contributed by atoms with Crippen molar-refractivity contribution in [2.24, 2.45) is 5.92 Å². The summed E-state index contributed by atoms with van der Waals surface area (Å²) in [4.78, 5) is 12.4. The molecule has 2 aromatic rings. The summed E-state index contributed by atoms with van der Waals surface area (Å²) in [7, 11) is 0. The highest BCUT2D eigenvalue weighted by Crippen LogP contribution is 2.34. The molecule has 1 unspecified atom stereocenters. The summed E-state index contributed by atoms with van der Waals surface area (Å²) in [6.07, 6.45) is 2.81. The first-order valence-corrected chi connectivity index (χ1v) is 8.20. The van der Waals surface area contributed by atoms with Crippen molar-refractivity contribution >= 4 is 17.5 Å². The Hall–Kier alpha value is -1.85. The molecule has 1 saturated carbocycles. The van der Waals surface area contributed by atoms with E-state index >= 15 is 0 Å². The highest BCUT2D eigenvalue weighted by Gasteiger charge is 2.32. The van der Waals surface area contributed by atoms with Gasteiger partial charge in [0.15, 0.2) is 5.69 Å². The summed E-state index contributed by atoms with van der Waals surface area (Å²) in [6.45, 7) is 1.98. The van der Waals surface area contributed by atoms with Crippen molar-refractivity contribution in [2.75, 3.05) is 6.61 Å². The van der Waals surface area contributed by atoms with Gasteiger partial charge >= 0.3 is 0 Å². The van der Waals surface area contributed by atoms with E-state index in [9.17, 15) is 4.79 Å². The van der Waals surface area contributed by atoms with E-state index in [0.717, 1.165) is 24.2 Å². The number of aliphatic hydroxyl groups is 1. The molecule has 1 heterocycles. The normalized spacial score (nSPS) is 15.4. The van der Waals surface area contributed by atoms with Crippen LogP contribution >= 0.6 is 11.6 Å². The van der Waals surface area contributed by atoms with E-state index in [0.29, 0.717) is 23.1 Å². The van der Waals surface area contributed by atoms with Gasteiger partial charge in [0.1, 0.15) is 0 Å². The standard InChI is InChI=1S/C17H20ClN3O2/c1-11-9-16(17(23)19-15(7-8-22)12-5-6-12)20-21(11)14-4-2-3-13(18)10-14/h2-4,9-10,12,15,22H,5-8H2,1H3,(H,19,23). The number of carbonyl (C=O) groups is 1. The van der Waals surface area contributed by atoms with Crippen LogP contribution in [0.25, 0.3) is 5.69 Å². The van der Waals surface area contributed by atoms with Gasteiger partial charge in [-0.1, -0.05) is 17.7 Å². The molecule has 1 aliphatic rings. The Morgan fingerprint density at radius 2 is 2.26 bits per heavy atom. The van der Waals surface area contributed by atoms with Crippen LogP contribution in [0.15, 0.2) is 30.3 Å². The van der Waals surface area contributed by atoms with Crippen LogP contribution in [-0.4, -0.2) is 33.4 Å². The summed E-state index contributed by atoms with van der Waals surface area (Å²) in [5.41, 5.74) is 2.07. The number of aromatic nitrogens is 2. The molecule has 5 nitrogen and oxygen atoms in total. The minimum absolute atomic E-state index is 0.0316. The van der Waals surface area contributed by atoms with Crippen molar-refractivity contribution in [1.29, 1.82) is 0 Å². The van der Waals surface area contributed by atoms with Crippen molar-refractivity contribution in [3.05, 3.63) is 46.7 Å².